The minimum absolute atomic E-state index is 0.571. The second-order valence-corrected chi connectivity index (χ2v) is 6.38. The van der Waals surface area contributed by atoms with Crippen LogP contribution in [0.4, 0.5) is 5.69 Å². The third-order valence-corrected chi connectivity index (χ3v) is 4.56. The summed E-state index contributed by atoms with van der Waals surface area (Å²) in [5, 5.41) is 3.56. The van der Waals surface area contributed by atoms with Crippen LogP contribution in [-0.2, 0) is 0 Å². The molecule has 2 aliphatic rings. The van der Waals surface area contributed by atoms with Crippen LogP contribution >= 0.6 is 0 Å². The molecule has 2 nitrogen and oxygen atoms in total. The fourth-order valence-corrected chi connectivity index (χ4v) is 3.89. The summed E-state index contributed by atoms with van der Waals surface area (Å²) in [6.45, 7) is 11.6. The lowest BCUT2D eigenvalue weighted by molar-refractivity contribution is 0.156. The van der Waals surface area contributed by atoms with E-state index in [-0.39, 0.29) is 0 Å². The molecule has 2 fully saturated rings. The number of piperidine rings is 1. The van der Waals surface area contributed by atoms with Gasteiger partial charge in [0.15, 0.2) is 0 Å². The fourth-order valence-electron chi connectivity index (χ4n) is 3.89. The molecular weight excluding hydrogens is 220 g/mol. The summed E-state index contributed by atoms with van der Waals surface area (Å²) >= 11 is 0. The third kappa shape index (κ3) is 1.93. The second-order valence-electron chi connectivity index (χ2n) is 6.38. The van der Waals surface area contributed by atoms with Gasteiger partial charge in [-0.15, -0.1) is 0 Å². The van der Waals surface area contributed by atoms with Crippen molar-refractivity contribution in [2.45, 2.75) is 33.6 Å². The normalized spacial score (nSPS) is 22.1. The number of nitrogens with one attached hydrogen (secondary N) is 1. The number of nitrogens with zero attached hydrogens (tertiary/aromatic N) is 1. The SMILES string of the molecule is Cc1cc(C)c(N2CC3(CCCNC3)C2)c(C)c1. The van der Waals surface area contributed by atoms with E-state index in [1.807, 2.05) is 0 Å². The molecule has 2 heteroatoms. The Hall–Kier alpha value is -1.02. The van der Waals surface area contributed by atoms with Crippen molar-refractivity contribution in [2.75, 3.05) is 31.1 Å². The van der Waals surface area contributed by atoms with Gasteiger partial charge < -0.3 is 10.2 Å². The van der Waals surface area contributed by atoms with Gasteiger partial charge in [0.1, 0.15) is 0 Å². The van der Waals surface area contributed by atoms with Crippen molar-refractivity contribution in [3.05, 3.63) is 28.8 Å². The zero-order valence-corrected chi connectivity index (χ0v) is 11.8. The Kier molecular flexibility index (Phi) is 2.86. The first kappa shape index (κ1) is 12.0. The van der Waals surface area contributed by atoms with Gasteiger partial charge in [-0.05, 0) is 51.3 Å². The van der Waals surface area contributed by atoms with E-state index in [0.717, 1.165) is 0 Å². The minimum atomic E-state index is 0.571. The number of benzene rings is 1. The highest BCUT2D eigenvalue weighted by Crippen LogP contribution is 2.41. The highest BCUT2D eigenvalue weighted by Gasteiger charge is 2.44. The van der Waals surface area contributed by atoms with Gasteiger partial charge in [0.2, 0.25) is 0 Å². The number of anilines is 1. The predicted octanol–water partition coefficient (Wildman–Crippen LogP) is 2.80. The van der Waals surface area contributed by atoms with Gasteiger partial charge in [0.25, 0.3) is 0 Å². The Labute approximate surface area is 110 Å². The first-order valence-electron chi connectivity index (χ1n) is 7.13. The third-order valence-electron chi connectivity index (χ3n) is 4.56. The maximum Gasteiger partial charge on any atom is 0.0426 e. The fraction of sp³-hybridized carbons (Fsp3) is 0.625. The molecule has 0 unspecified atom stereocenters. The summed E-state index contributed by atoms with van der Waals surface area (Å²) in [4.78, 5) is 2.58. The lowest BCUT2D eigenvalue weighted by Gasteiger charge is -2.54. The van der Waals surface area contributed by atoms with Crippen LogP contribution < -0.4 is 10.2 Å². The van der Waals surface area contributed by atoms with Gasteiger partial charge in [-0.25, -0.2) is 0 Å². The molecule has 2 heterocycles. The number of rotatable bonds is 1. The van der Waals surface area contributed by atoms with Crippen molar-refractivity contribution in [3.8, 4) is 0 Å². The Balaban J connectivity index is 1.78. The summed E-state index contributed by atoms with van der Waals surface area (Å²) in [7, 11) is 0. The molecule has 1 aromatic rings. The van der Waals surface area contributed by atoms with Crippen molar-refractivity contribution in [1.29, 1.82) is 0 Å². The Bertz CT molecular complexity index is 427. The number of hydrogen-bond donors (Lipinski definition) is 1. The summed E-state index contributed by atoms with van der Waals surface area (Å²) in [5.41, 5.74) is 6.31. The molecule has 0 radical (unpaired) electrons. The first-order valence-corrected chi connectivity index (χ1v) is 7.13. The Morgan fingerprint density at radius 1 is 1.11 bits per heavy atom. The summed E-state index contributed by atoms with van der Waals surface area (Å²) in [5.74, 6) is 0. The molecule has 0 saturated carbocycles. The number of hydrogen-bond acceptors (Lipinski definition) is 2. The highest BCUT2D eigenvalue weighted by molar-refractivity contribution is 5.62. The lowest BCUT2D eigenvalue weighted by Crippen LogP contribution is -2.62. The summed E-state index contributed by atoms with van der Waals surface area (Å²) in [6, 6.07) is 4.62. The monoisotopic (exact) mass is 244 g/mol. The molecule has 2 saturated heterocycles. The van der Waals surface area contributed by atoms with Crippen molar-refractivity contribution in [2.24, 2.45) is 5.41 Å². The molecular formula is C16H24N2. The average molecular weight is 244 g/mol. The molecule has 2 aliphatic heterocycles. The van der Waals surface area contributed by atoms with Crippen LogP contribution in [0.3, 0.4) is 0 Å². The van der Waals surface area contributed by atoms with Gasteiger partial charge in [-0.1, -0.05) is 17.7 Å². The summed E-state index contributed by atoms with van der Waals surface area (Å²) < 4.78 is 0. The van der Waals surface area contributed by atoms with Crippen LogP contribution in [0.15, 0.2) is 12.1 Å². The maximum absolute atomic E-state index is 3.56. The minimum Gasteiger partial charge on any atom is -0.370 e. The summed E-state index contributed by atoms with van der Waals surface area (Å²) in [6.07, 6.45) is 2.75. The molecule has 1 spiro atoms. The van der Waals surface area contributed by atoms with E-state index < -0.39 is 0 Å². The molecule has 0 bridgehead atoms. The van der Waals surface area contributed by atoms with Gasteiger partial charge in [0, 0.05) is 30.7 Å². The van der Waals surface area contributed by atoms with Crippen LogP contribution in [0.25, 0.3) is 0 Å². The van der Waals surface area contributed by atoms with Crippen LogP contribution in [0, 0.1) is 26.2 Å². The standard InChI is InChI=1S/C16H24N2/c1-12-7-13(2)15(14(3)8-12)18-10-16(11-18)5-4-6-17-9-16/h7-8,17H,4-6,9-11H2,1-3H3. The molecule has 1 N–H and O–H groups in total. The first-order chi connectivity index (χ1) is 8.60. The molecule has 0 aromatic heterocycles. The van der Waals surface area contributed by atoms with Crippen LogP contribution in [-0.4, -0.2) is 26.2 Å². The van der Waals surface area contributed by atoms with Crippen LogP contribution in [0.2, 0.25) is 0 Å². The predicted molar refractivity (Wildman–Crippen MR) is 77.4 cm³/mol. The molecule has 0 amide bonds. The Morgan fingerprint density at radius 3 is 2.33 bits per heavy atom. The van der Waals surface area contributed by atoms with Crippen LogP contribution in [0.5, 0.6) is 0 Å². The van der Waals surface area contributed by atoms with E-state index in [4.69, 9.17) is 0 Å². The smallest absolute Gasteiger partial charge is 0.0426 e. The van der Waals surface area contributed by atoms with E-state index in [0.29, 0.717) is 5.41 Å². The largest absolute Gasteiger partial charge is 0.370 e. The average Bonchev–Trinajstić information content (AvgIpc) is 2.26. The van der Waals surface area contributed by atoms with E-state index in [9.17, 15) is 0 Å². The molecule has 3 rings (SSSR count). The van der Waals surface area contributed by atoms with E-state index >= 15 is 0 Å². The van der Waals surface area contributed by atoms with Crippen molar-refractivity contribution in [1.82, 2.24) is 5.32 Å². The molecule has 0 atom stereocenters. The van der Waals surface area contributed by atoms with E-state index in [1.165, 1.54) is 61.4 Å². The maximum atomic E-state index is 3.56. The van der Waals surface area contributed by atoms with Gasteiger partial charge in [-0.2, -0.15) is 0 Å². The topological polar surface area (TPSA) is 15.3 Å². The molecule has 0 aliphatic carbocycles. The van der Waals surface area contributed by atoms with E-state index in [1.54, 1.807) is 0 Å². The van der Waals surface area contributed by atoms with Crippen molar-refractivity contribution < 1.29 is 0 Å². The molecule has 1 aromatic carbocycles. The molecule has 98 valence electrons. The van der Waals surface area contributed by atoms with Gasteiger partial charge in [-0.3, -0.25) is 0 Å². The zero-order chi connectivity index (χ0) is 12.8. The highest BCUT2D eigenvalue weighted by atomic mass is 15.2. The van der Waals surface area contributed by atoms with Crippen molar-refractivity contribution >= 4 is 5.69 Å². The zero-order valence-electron chi connectivity index (χ0n) is 11.8. The van der Waals surface area contributed by atoms with Gasteiger partial charge >= 0.3 is 0 Å². The second kappa shape index (κ2) is 4.27. The van der Waals surface area contributed by atoms with E-state index in [2.05, 4.69) is 43.1 Å². The number of aryl methyl sites for hydroxylation is 3. The molecule has 18 heavy (non-hydrogen) atoms. The Morgan fingerprint density at radius 2 is 1.78 bits per heavy atom. The quantitative estimate of drug-likeness (QED) is 0.817. The van der Waals surface area contributed by atoms with Gasteiger partial charge in [0.05, 0.1) is 0 Å². The van der Waals surface area contributed by atoms with Crippen LogP contribution in [0.1, 0.15) is 29.5 Å². The van der Waals surface area contributed by atoms with Crippen molar-refractivity contribution in [3.63, 3.8) is 0 Å². The lowest BCUT2D eigenvalue weighted by atomic mass is 9.73.